The Morgan fingerprint density at radius 3 is 2.50 bits per heavy atom. The molecule has 16 heavy (non-hydrogen) atoms. The van der Waals surface area contributed by atoms with Crippen LogP contribution in [0.25, 0.3) is 0 Å². The SMILES string of the molecule is CC(C)c1nsc(Nc2ccc(N)cc2)n1. The Bertz CT molecular complexity index is 461. The second-order valence-electron chi connectivity index (χ2n) is 3.86. The predicted octanol–water partition coefficient (Wildman–Crippen LogP) is 2.99. The van der Waals surface area contributed by atoms with E-state index < -0.39 is 0 Å². The van der Waals surface area contributed by atoms with Gasteiger partial charge in [-0.25, -0.2) is 4.98 Å². The summed E-state index contributed by atoms with van der Waals surface area (Å²) in [7, 11) is 0. The maximum Gasteiger partial charge on any atom is 0.207 e. The highest BCUT2D eigenvalue weighted by Crippen LogP contribution is 2.21. The first-order chi connectivity index (χ1) is 7.65. The molecule has 1 aromatic carbocycles. The standard InChI is InChI=1S/C11H14N4S/c1-7(2)10-14-11(16-15-10)13-9-5-3-8(12)4-6-9/h3-7H,12H2,1-2H3,(H,13,14,15). The topological polar surface area (TPSA) is 63.8 Å². The molecule has 0 amide bonds. The molecule has 0 aliphatic heterocycles. The number of nitrogens with two attached hydrogens (primary N) is 1. The van der Waals surface area contributed by atoms with Gasteiger partial charge in [-0.2, -0.15) is 4.37 Å². The number of hydrogen-bond acceptors (Lipinski definition) is 5. The van der Waals surface area contributed by atoms with Gasteiger partial charge in [0.25, 0.3) is 0 Å². The summed E-state index contributed by atoms with van der Waals surface area (Å²) < 4.78 is 4.27. The van der Waals surface area contributed by atoms with Crippen molar-refractivity contribution in [2.45, 2.75) is 19.8 Å². The first kappa shape index (κ1) is 10.9. The van der Waals surface area contributed by atoms with Gasteiger partial charge in [0.15, 0.2) is 0 Å². The van der Waals surface area contributed by atoms with E-state index in [4.69, 9.17) is 5.73 Å². The van der Waals surface area contributed by atoms with Gasteiger partial charge in [-0.1, -0.05) is 13.8 Å². The molecule has 0 aliphatic rings. The van der Waals surface area contributed by atoms with Crippen molar-refractivity contribution in [3.63, 3.8) is 0 Å². The van der Waals surface area contributed by atoms with E-state index in [-0.39, 0.29) is 0 Å². The molecule has 1 heterocycles. The van der Waals surface area contributed by atoms with Gasteiger partial charge in [0, 0.05) is 28.8 Å². The minimum absolute atomic E-state index is 0.359. The summed E-state index contributed by atoms with van der Waals surface area (Å²) in [5.74, 6) is 1.24. The summed E-state index contributed by atoms with van der Waals surface area (Å²) in [5.41, 5.74) is 7.34. The lowest BCUT2D eigenvalue weighted by Crippen LogP contribution is -1.93. The van der Waals surface area contributed by atoms with Crippen LogP contribution >= 0.6 is 11.5 Å². The highest BCUT2D eigenvalue weighted by atomic mass is 32.1. The minimum Gasteiger partial charge on any atom is -0.399 e. The molecule has 84 valence electrons. The number of nitrogens with zero attached hydrogens (tertiary/aromatic N) is 2. The van der Waals surface area contributed by atoms with Gasteiger partial charge >= 0.3 is 0 Å². The lowest BCUT2D eigenvalue weighted by Gasteiger charge is -2.01. The van der Waals surface area contributed by atoms with Crippen LogP contribution < -0.4 is 11.1 Å². The number of benzene rings is 1. The highest BCUT2D eigenvalue weighted by Gasteiger charge is 2.07. The minimum atomic E-state index is 0.359. The Hall–Kier alpha value is -1.62. The van der Waals surface area contributed by atoms with E-state index in [0.717, 1.165) is 22.3 Å². The molecule has 5 heteroatoms. The summed E-state index contributed by atoms with van der Waals surface area (Å²) in [5, 5.41) is 4.01. The van der Waals surface area contributed by atoms with Crippen molar-refractivity contribution in [2.75, 3.05) is 11.1 Å². The summed E-state index contributed by atoms with van der Waals surface area (Å²) in [6.07, 6.45) is 0. The monoisotopic (exact) mass is 234 g/mol. The van der Waals surface area contributed by atoms with Crippen LogP contribution in [0, 0.1) is 0 Å². The van der Waals surface area contributed by atoms with Crippen LogP contribution in [0.4, 0.5) is 16.5 Å². The van der Waals surface area contributed by atoms with Crippen LogP contribution in [0.3, 0.4) is 0 Å². The summed E-state index contributed by atoms with van der Waals surface area (Å²) in [6, 6.07) is 7.55. The van der Waals surface area contributed by atoms with E-state index in [0.29, 0.717) is 5.92 Å². The fraction of sp³-hybridized carbons (Fsp3) is 0.273. The van der Waals surface area contributed by atoms with Gasteiger partial charge in [0.2, 0.25) is 5.13 Å². The molecule has 3 N–H and O–H groups in total. The van der Waals surface area contributed by atoms with Crippen LogP contribution in [-0.4, -0.2) is 9.36 Å². The van der Waals surface area contributed by atoms with Gasteiger partial charge in [0.05, 0.1) is 0 Å². The Morgan fingerprint density at radius 1 is 1.25 bits per heavy atom. The van der Waals surface area contributed by atoms with Crippen LogP contribution in [0.2, 0.25) is 0 Å². The van der Waals surface area contributed by atoms with Crippen molar-refractivity contribution in [3.8, 4) is 0 Å². The average Bonchev–Trinajstić information content (AvgIpc) is 2.70. The third-order valence-corrected chi connectivity index (χ3v) is 2.76. The predicted molar refractivity (Wildman–Crippen MR) is 68.1 cm³/mol. The van der Waals surface area contributed by atoms with Gasteiger partial charge in [-0.15, -0.1) is 0 Å². The smallest absolute Gasteiger partial charge is 0.207 e. The van der Waals surface area contributed by atoms with Crippen molar-refractivity contribution in [2.24, 2.45) is 0 Å². The van der Waals surface area contributed by atoms with Gasteiger partial charge in [-0.05, 0) is 24.3 Å². The van der Waals surface area contributed by atoms with E-state index in [9.17, 15) is 0 Å². The molecule has 1 aromatic heterocycles. The number of nitrogen functional groups attached to an aromatic ring is 1. The second-order valence-corrected chi connectivity index (χ2v) is 4.61. The summed E-state index contributed by atoms with van der Waals surface area (Å²) in [6.45, 7) is 4.16. The quantitative estimate of drug-likeness (QED) is 0.801. The lowest BCUT2D eigenvalue weighted by molar-refractivity contribution is 0.800. The zero-order valence-electron chi connectivity index (χ0n) is 9.27. The first-order valence-corrected chi connectivity index (χ1v) is 5.88. The number of rotatable bonds is 3. The van der Waals surface area contributed by atoms with Crippen LogP contribution in [-0.2, 0) is 0 Å². The van der Waals surface area contributed by atoms with Crippen molar-refractivity contribution in [1.82, 2.24) is 9.36 Å². The molecule has 0 atom stereocenters. The van der Waals surface area contributed by atoms with Crippen molar-refractivity contribution < 1.29 is 0 Å². The number of hydrogen-bond donors (Lipinski definition) is 2. The van der Waals surface area contributed by atoms with Crippen molar-refractivity contribution >= 4 is 28.0 Å². The maximum absolute atomic E-state index is 5.61. The molecule has 0 aliphatic carbocycles. The van der Waals surface area contributed by atoms with E-state index in [1.54, 1.807) is 0 Å². The first-order valence-electron chi connectivity index (χ1n) is 5.11. The van der Waals surface area contributed by atoms with Gasteiger partial charge in [0.1, 0.15) is 5.82 Å². The molecule has 0 spiro atoms. The van der Waals surface area contributed by atoms with E-state index >= 15 is 0 Å². The molecular weight excluding hydrogens is 220 g/mol. The largest absolute Gasteiger partial charge is 0.399 e. The molecule has 0 radical (unpaired) electrons. The summed E-state index contributed by atoms with van der Waals surface area (Å²) >= 11 is 1.37. The third-order valence-electron chi connectivity index (χ3n) is 2.12. The molecule has 0 unspecified atom stereocenters. The molecule has 2 rings (SSSR count). The zero-order chi connectivity index (χ0) is 11.5. The van der Waals surface area contributed by atoms with Crippen molar-refractivity contribution in [3.05, 3.63) is 30.1 Å². The molecule has 0 saturated carbocycles. The highest BCUT2D eigenvalue weighted by molar-refractivity contribution is 7.09. The Balaban J connectivity index is 2.11. The van der Waals surface area contributed by atoms with Crippen LogP contribution in [0.1, 0.15) is 25.6 Å². The molecule has 0 saturated heterocycles. The van der Waals surface area contributed by atoms with Crippen LogP contribution in [0.15, 0.2) is 24.3 Å². The maximum atomic E-state index is 5.61. The van der Waals surface area contributed by atoms with Crippen molar-refractivity contribution in [1.29, 1.82) is 0 Å². The number of anilines is 3. The average molecular weight is 234 g/mol. The normalized spacial score (nSPS) is 10.7. The Labute approximate surface area is 98.7 Å². The molecule has 4 nitrogen and oxygen atoms in total. The van der Waals surface area contributed by atoms with E-state index in [1.807, 2.05) is 24.3 Å². The fourth-order valence-electron chi connectivity index (χ4n) is 1.21. The fourth-order valence-corrected chi connectivity index (χ4v) is 1.94. The van der Waals surface area contributed by atoms with E-state index in [1.165, 1.54) is 11.5 Å². The molecule has 0 fully saturated rings. The summed E-state index contributed by atoms with van der Waals surface area (Å²) in [4.78, 5) is 4.39. The van der Waals surface area contributed by atoms with Gasteiger partial charge in [-0.3, -0.25) is 0 Å². The Kier molecular flexibility index (Phi) is 3.05. The number of nitrogens with one attached hydrogen (secondary N) is 1. The van der Waals surface area contributed by atoms with Gasteiger partial charge < -0.3 is 11.1 Å². The third kappa shape index (κ3) is 2.49. The molecule has 0 bridgehead atoms. The van der Waals surface area contributed by atoms with E-state index in [2.05, 4.69) is 28.5 Å². The lowest BCUT2D eigenvalue weighted by atomic mass is 10.2. The molecular formula is C11H14N4S. The van der Waals surface area contributed by atoms with Crippen LogP contribution in [0.5, 0.6) is 0 Å². The Morgan fingerprint density at radius 2 is 1.94 bits per heavy atom. The zero-order valence-corrected chi connectivity index (χ0v) is 10.1. The number of aromatic nitrogens is 2. The second kappa shape index (κ2) is 4.49. The molecule has 2 aromatic rings.